The fraction of sp³-hybridized carbons (Fsp3) is 0.462. The van der Waals surface area contributed by atoms with Gasteiger partial charge in [0.15, 0.2) is 0 Å². The molecule has 0 radical (unpaired) electrons. The summed E-state index contributed by atoms with van der Waals surface area (Å²) in [6, 6.07) is 2.78. The Morgan fingerprint density at radius 3 is 3.05 bits per heavy atom. The van der Waals surface area contributed by atoms with Gasteiger partial charge in [-0.15, -0.1) is 0 Å². The van der Waals surface area contributed by atoms with E-state index in [0.717, 1.165) is 0 Å². The summed E-state index contributed by atoms with van der Waals surface area (Å²) in [4.78, 5) is 27.0. The third-order valence-corrected chi connectivity index (χ3v) is 3.02. The highest BCUT2D eigenvalue weighted by Crippen LogP contribution is 2.21. The molecule has 0 saturated carbocycles. The van der Waals surface area contributed by atoms with E-state index >= 15 is 0 Å². The Kier molecular flexibility index (Phi) is 4.52. The van der Waals surface area contributed by atoms with E-state index in [9.17, 15) is 9.59 Å². The molecule has 0 amide bonds. The van der Waals surface area contributed by atoms with Crippen LogP contribution >= 0.6 is 0 Å². The van der Waals surface area contributed by atoms with Gasteiger partial charge >= 0.3 is 11.9 Å². The first-order valence-electron chi connectivity index (χ1n) is 6.32. The Morgan fingerprint density at radius 1 is 1.55 bits per heavy atom. The lowest BCUT2D eigenvalue weighted by molar-refractivity contribution is -0.141. The molecule has 0 bridgehead atoms. The maximum absolute atomic E-state index is 11.8. The van der Waals surface area contributed by atoms with Gasteiger partial charge in [0, 0.05) is 6.20 Å². The van der Waals surface area contributed by atoms with Crippen molar-refractivity contribution >= 4 is 17.8 Å². The van der Waals surface area contributed by atoms with Gasteiger partial charge in [0.2, 0.25) is 0 Å². The number of carbonyl (C=O) groups is 2. The third kappa shape index (κ3) is 3.05. The first-order chi connectivity index (χ1) is 9.63. The summed E-state index contributed by atoms with van der Waals surface area (Å²) in [5, 5.41) is 12.1. The van der Waals surface area contributed by atoms with Crippen molar-refractivity contribution in [2.45, 2.75) is 13.0 Å². The van der Waals surface area contributed by atoms with Gasteiger partial charge in [-0.1, -0.05) is 0 Å². The molecule has 1 aromatic heterocycles. The first kappa shape index (κ1) is 14.3. The van der Waals surface area contributed by atoms with Crippen LogP contribution in [0.15, 0.2) is 18.3 Å². The summed E-state index contributed by atoms with van der Waals surface area (Å²) in [6.45, 7) is 2.38. The standard InChI is InChI=1S/C13H16N2O5/c1-2-20-13(18)8-4-3-5-14-11(8)15-10-7-19-6-9(10)12(16)17/h3-5,9-10H,2,6-7H2,1H3,(H,14,15)(H,16,17). The monoisotopic (exact) mass is 280 g/mol. The van der Waals surface area contributed by atoms with Crippen LogP contribution in [0.2, 0.25) is 0 Å². The Bertz CT molecular complexity index is 505. The topological polar surface area (TPSA) is 97.8 Å². The van der Waals surface area contributed by atoms with Crippen LogP contribution in [-0.4, -0.2) is 47.9 Å². The molecule has 2 atom stereocenters. The maximum Gasteiger partial charge on any atom is 0.341 e. The number of esters is 1. The van der Waals surface area contributed by atoms with Crippen molar-refractivity contribution in [3.63, 3.8) is 0 Å². The highest BCUT2D eigenvalue weighted by atomic mass is 16.5. The number of nitrogens with one attached hydrogen (secondary N) is 1. The van der Waals surface area contributed by atoms with Crippen molar-refractivity contribution in [1.29, 1.82) is 0 Å². The lowest BCUT2D eigenvalue weighted by atomic mass is 10.0. The van der Waals surface area contributed by atoms with E-state index in [1.165, 1.54) is 6.20 Å². The van der Waals surface area contributed by atoms with Crippen LogP contribution in [-0.2, 0) is 14.3 Å². The number of anilines is 1. The lowest BCUT2D eigenvalue weighted by Crippen LogP contribution is -2.34. The van der Waals surface area contributed by atoms with Gasteiger partial charge in [-0.05, 0) is 19.1 Å². The van der Waals surface area contributed by atoms with Crippen LogP contribution in [0.5, 0.6) is 0 Å². The van der Waals surface area contributed by atoms with Gasteiger partial charge in [0.05, 0.1) is 25.9 Å². The molecular formula is C13H16N2O5. The molecule has 2 heterocycles. The zero-order valence-corrected chi connectivity index (χ0v) is 11.0. The smallest absolute Gasteiger partial charge is 0.341 e. The van der Waals surface area contributed by atoms with Gasteiger partial charge in [0.25, 0.3) is 0 Å². The van der Waals surface area contributed by atoms with E-state index < -0.39 is 23.9 Å². The molecule has 0 aromatic carbocycles. The summed E-state index contributed by atoms with van der Waals surface area (Å²) >= 11 is 0. The Morgan fingerprint density at radius 2 is 2.35 bits per heavy atom. The number of hydrogen-bond donors (Lipinski definition) is 2. The molecule has 0 aliphatic carbocycles. The van der Waals surface area contributed by atoms with Gasteiger partial charge in [-0.25, -0.2) is 9.78 Å². The van der Waals surface area contributed by atoms with Crippen LogP contribution in [0.4, 0.5) is 5.82 Å². The Balaban J connectivity index is 2.17. The van der Waals surface area contributed by atoms with Crippen LogP contribution in [0.1, 0.15) is 17.3 Å². The van der Waals surface area contributed by atoms with Crippen LogP contribution < -0.4 is 5.32 Å². The number of rotatable bonds is 5. The molecule has 1 fully saturated rings. The van der Waals surface area contributed by atoms with Gasteiger partial charge < -0.3 is 19.9 Å². The number of ether oxygens (including phenoxy) is 2. The second-order valence-electron chi connectivity index (χ2n) is 4.35. The van der Waals surface area contributed by atoms with Gasteiger partial charge in [-0.3, -0.25) is 4.79 Å². The van der Waals surface area contributed by atoms with E-state index in [1.54, 1.807) is 19.1 Å². The summed E-state index contributed by atoms with van der Waals surface area (Å²) in [6.07, 6.45) is 1.52. The average molecular weight is 280 g/mol. The minimum atomic E-state index is -0.936. The highest BCUT2D eigenvalue weighted by Gasteiger charge is 2.34. The van der Waals surface area contributed by atoms with Crippen molar-refractivity contribution in [1.82, 2.24) is 4.98 Å². The zero-order chi connectivity index (χ0) is 14.5. The highest BCUT2D eigenvalue weighted by molar-refractivity contribution is 5.94. The molecule has 20 heavy (non-hydrogen) atoms. The molecule has 2 rings (SSSR count). The van der Waals surface area contributed by atoms with Crippen molar-refractivity contribution in [3.8, 4) is 0 Å². The van der Waals surface area contributed by atoms with Crippen LogP contribution in [0.3, 0.4) is 0 Å². The van der Waals surface area contributed by atoms with E-state index in [1.807, 2.05) is 0 Å². The number of carbonyl (C=O) groups excluding carboxylic acids is 1. The van der Waals surface area contributed by atoms with Crippen molar-refractivity contribution < 1.29 is 24.2 Å². The zero-order valence-electron chi connectivity index (χ0n) is 11.0. The number of carboxylic acids is 1. The average Bonchev–Trinajstić information content (AvgIpc) is 2.88. The number of hydrogen-bond acceptors (Lipinski definition) is 6. The van der Waals surface area contributed by atoms with Crippen LogP contribution in [0, 0.1) is 5.92 Å². The number of aromatic nitrogens is 1. The number of aliphatic carboxylic acids is 1. The molecule has 7 nitrogen and oxygen atoms in total. The number of nitrogens with zero attached hydrogens (tertiary/aromatic N) is 1. The Hall–Kier alpha value is -2.15. The van der Waals surface area contributed by atoms with Gasteiger partial charge in [-0.2, -0.15) is 0 Å². The molecule has 1 aliphatic heterocycles. The maximum atomic E-state index is 11.8. The molecule has 1 aliphatic rings. The molecule has 2 unspecified atom stereocenters. The van der Waals surface area contributed by atoms with E-state index in [4.69, 9.17) is 14.6 Å². The predicted molar refractivity (Wildman–Crippen MR) is 69.5 cm³/mol. The fourth-order valence-corrected chi connectivity index (χ4v) is 2.01. The van der Waals surface area contributed by atoms with Crippen molar-refractivity contribution in [3.05, 3.63) is 23.9 Å². The van der Waals surface area contributed by atoms with Crippen molar-refractivity contribution in [2.24, 2.45) is 5.92 Å². The van der Waals surface area contributed by atoms with Crippen LogP contribution in [0.25, 0.3) is 0 Å². The molecule has 1 saturated heterocycles. The lowest BCUT2D eigenvalue weighted by Gasteiger charge is -2.17. The quantitative estimate of drug-likeness (QED) is 0.769. The summed E-state index contributed by atoms with van der Waals surface area (Å²) in [7, 11) is 0. The fourth-order valence-electron chi connectivity index (χ4n) is 2.01. The molecule has 0 spiro atoms. The van der Waals surface area contributed by atoms with E-state index in [-0.39, 0.29) is 25.4 Å². The minimum absolute atomic E-state index is 0.147. The minimum Gasteiger partial charge on any atom is -0.481 e. The largest absolute Gasteiger partial charge is 0.481 e. The Labute approximate surface area is 115 Å². The predicted octanol–water partition coefficient (Wildman–Crippen LogP) is 0.770. The summed E-state index contributed by atoms with van der Waals surface area (Å²) < 4.78 is 10.1. The van der Waals surface area contributed by atoms with E-state index in [0.29, 0.717) is 5.82 Å². The summed E-state index contributed by atoms with van der Waals surface area (Å²) in [5.74, 6) is -1.78. The molecule has 108 valence electrons. The summed E-state index contributed by atoms with van der Waals surface area (Å²) in [5.41, 5.74) is 0.283. The SMILES string of the molecule is CCOC(=O)c1cccnc1NC1COCC1C(=O)O. The molecule has 1 aromatic rings. The molecular weight excluding hydrogens is 264 g/mol. The number of pyridine rings is 1. The normalized spacial score (nSPS) is 21.4. The number of carboxylic acid groups (broad SMARTS) is 1. The van der Waals surface area contributed by atoms with E-state index in [2.05, 4.69) is 10.3 Å². The molecule has 7 heteroatoms. The molecule has 2 N–H and O–H groups in total. The second kappa shape index (κ2) is 6.33. The van der Waals surface area contributed by atoms with Gasteiger partial charge in [0.1, 0.15) is 17.3 Å². The second-order valence-corrected chi connectivity index (χ2v) is 4.35. The first-order valence-corrected chi connectivity index (χ1v) is 6.32. The van der Waals surface area contributed by atoms with Crippen molar-refractivity contribution in [2.75, 3.05) is 25.1 Å². The third-order valence-electron chi connectivity index (χ3n) is 3.02.